The molecule has 4 nitrogen and oxygen atoms in total. The van der Waals surface area contributed by atoms with Crippen LogP contribution in [0.4, 0.5) is 0 Å². The van der Waals surface area contributed by atoms with Crippen LogP contribution in [0.1, 0.15) is 43.9 Å². The van der Waals surface area contributed by atoms with Crippen molar-refractivity contribution in [3.8, 4) is 0 Å². The molecule has 0 aliphatic carbocycles. The van der Waals surface area contributed by atoms with E-state index in [-0.39, 0.29) is 11.1 Å². The molecule has 0 amide bonds. The Morgan fingerprint density at radius 1 is 1.56 bits per heavy atom. The first kappa shape index (κ1) is 12.5. The van der Waals surface area contributed by atoms with E-state index in [2.05, 4.69) is 11.7 Å². The first-order valence-corrected chi connectivity index (χ1v) is 5.18. The molecule has 0 saturated carbocycles. The fourth-order valence-electron chi connectivity index (χ4n) is 1.33. The highest BCUT2D eigenvalue weighted by atomic mass is 16.4. The number of rotatable bonds is 3. The van der Waals surface area contributed by atoms with Gasteiger partial charge in [-0.3, -0.25) is 4.68 Å². The molecule has 16 heavy (non-hydrogen) atoms. The first-order valence-electron chi connectivity index (χ1n) is 5.18. The van der Waals surface area contributed by atoms with Crippen molar-refractivity contribution >= 4 is 5.97 Å². The minimum Gasteiger partial charge on any atom is -0.477 e. The van der Waals surface area contributed by atoms with E-state index in [1.807, 2.05) is 27.7 Å². The quantitative estimate of drug-likeness (QED) is 0.799. The van der Waals surface area contributed by atoms with Gasteiger partial charge in [-0.1, -0.05) is 32.9 Å². The van der Waals surface area contributed by atoms with Crippen LogP contribution in [0.15, 0.2) is 18.2 Å². The summed E-state index contributed by atoms with van der Waals surface area (Å²) in [4.78, 5) is 11.1. The van der Waals surface area contributed by atoms with Crippen LogP contribution < -0.4 is 0 Å². The Labute approximate surface area is 95.6 Å². The smallest absolute Gasteiger partial charge is 0.354 e. The molecule has 0 unspecified atom stereocenters. The lowest BCUT2D eigenvalue weighted by Gasteiger charge is -2.14. The number of allylic oxidation sites excluding steroid dienone is 1. The summed E-state index contributed by atoms with van der Waals surface area (Å²) >= 11 is 0. The molecular weight excluding hydrogens is 204 g/mol. The third-order valence-corrected chi connectivity index (χ3v) is 2.19. The Hall–Kier alpha value is -1.58. The second-order valence-electron chi connectivity index (χ2n) is 5.08. The van der Waals surface area contributed by atoms with Crippen molar-refractivity contribution in [2.75, 3.05) is 0 Å². The fourth-order valence-corrected chi connectivity index (χ4v) is 1.33. The topological polar surface area (TPSA) is 55.1 Å². The standard InChI is InChI=1S/C12H18N2O2/c1-8(2)7-14-9(11(15)16)6-10(13-14)12(3,4)5/h6H,1,7H2,2-5H3,(H,15,16). The van der Waals surface area contributed by atoms with Crippen molar-refractivity contribution in [2.45, 2.75) is 39.7 Å². The molecule has 0 spiro atoms. The third kappa shape index (κ3) is 2.72. The molecule has 1 aromatic heterocycles. The number of nitrogens with zero attached hydrogens (tertiary/aromatic N) is 2. The second-order valence-corrected chi connectivity index (χ2v) is 5.08. The summed E-state index contributed by atoms with van der Waals surface area (Å²) in [6.07, 6.45) is 0. The molecule has 4 heteroatoms. The van der Waals surface area contributed by atoms with E-state index < -0.39 is 5.97 Å². The van der Waals surface area contributed by atoms with Crippen LogP contribution in [-0.4, -0.2) is 20.9 Å². The van der Waals surface area contributed by atoms with Gasteiger partial charge in [0.1, 0.15) is 5.69 Å². The van der Waals surface area contributed by atoms with Gasteiger partial charge in [-0.25, -0.2) is 4.79 Å². The summed E-state index contributed by atoms with van der Waals surface area (Å²) in [7, 11) is 0. The van der Waals surface area contributed by atoms with Crippen molar-refractivity contribution < 1.29 is 9.90 Å². The number of aromatic nitrogens is 2. The molecule has 1 heterocycles. The molecule has 1 N–H and O–H groups in total. The number of carbonyl (C=O) groups is 1. The molecule has 0 saturated heterocycles. The lowest BCUT2D eigenvalue weighted by Crippen LogP contribution is -2.13. The highest BCUT2D eigenvalue weighted by molar-refractivity contribution is 5.85. The van der Waals surface area contributed by atoms with E-state index in [4.69, 9.17) is 5.11 Å². The Morgan fingerprint density at radius 3 is 2.50 bits per heavy atom. The molecule has 1 rings (SSSR count). The molecule has 88 valence electrons. The largest absolute Gasteiger partial charge is 0.477 e. The molecule has 0 aliphatic heterocycles. The van der Waals surface area contributed by atoms with Gasteiger partial charge in [0.15, 0.2) is 0 Å². The van der Waals surface area contributed by atoms with Crippen LogP contribution in [0.25, 0.3) is 0 Å². The van der Waals surface area contributed by atoms with E-state index in [0.29, 0.717) is 6.54 Å². The Balaban J connectivity index is 3.20. The maximum atomic E-state index is 11.1. The predicted octanol–water partition coefficient (Wildman–Crippen LogP) is 2.45. The van der Waals surface area contributed by atoms with Crippen LogP contribution in [0.3, 0.4) is 0 Å². The zero-order valence-corrected chi connectivity index (χ0v) is 10.2. The molecular formula is C12H18N2O2. The van der Waals surface area contributed by atoms with Gasteiger partial charge in [-0.15, -0.1) is 0 Å². The second kappa shape index (κ2) is 4.12. The van der Waals surface area contributed by atoms with E-state index in [9.17, 15) is 4.79 Å². The lowest BCUT2D eigenvalue weighted by atomic mass is 9.92. The van der Waals surface area contributed by atoms with Crippen molar-refractivity contribution in [1.29, 1.82) is 0 Å². The highest BCUT2D eigenvalue weighted by Gasteiger charge is 2.22. The van der Waals surface area contributed by atoms with Gasteiger partial charge >= 0.3 is 5.97 Å². The molecule has 0 aliphatic rings. The molecule has 0 bridgehead atoms. The number of hydrogen-bond donors (Lipinski definition) is 1. The fraction of sp³-hybridized carbons (Fsp3) is 0.500. The maximum absolute atomic E-state index is 11.1. The van der Waals surface area contributed by atoms with Gasteiger partial charge in [0.25, 0.3) is 0 Å². The van der Waals surface area contributed by atoms with E-state index in [0.717, 1.165) is 11.3 Å². The lowest BCUT2D eigenvalue weighted by molar-refractivity contribution is 0.0684. The molecule has 0 atom stereocenters. The summed E-state index contributed by atoms with van der Waals surface area (Å²) in [5, 5.41) is 13.4. The van der Waals surface area contributed by atoms with E-state index in [1.54, 1.807) is 6.07 Å². The molecule has 0 aromatic carbocycles. The van der Waals surface area contributed by atoms with Gasteiger partial charge in [0.05, 0.1) is 12.2 Å². The zero-order valence-electron chi connectivity index (χ0n) is 10.2. The Morgan fingerprint density at radius 2 is 2.12 bits per heavy atom. The average Bonchev–Trinajstić information content (AvgIpc) is 2.45. The summed E-state index contributed by atoms with van der Waals surface area (Å²) in [6, 6.07) is 1.63. The summed E-state index contributed by atoms with van der Waals surface area (Å²) in [6.45, 7) is 12.1. The normalized spacial score (nSPS) is 11.5. The van der Waals surface area contributed by atoms with Crippen molar-refractivity contribution in [3.05, 3.63) is 29.6 Å². The third-order valence-electron chi connectivity index (χ3n) is 2.19. The molecule has 0 radical (unpaired) electrons. The van der Waals surface area contributed by atoms with Crippen molar-refractivity contribution in [1.82, 2.24) is 9.78 Å². The molecule has 1 aromatic rings. The monoisotopic (exact) mass is 222 g/mol. The summed E-state index contributed by atoms with van der Waals surface area (Å²) in [5.74, 6) is -0.954. The van der Waals surface area contributed by atoms with Crippen molar-refractivity contribution in [3.63, 3.8) is 0 Å². The predicted molar refractivity (Wildman–Crippen MR) is 62.7 cm³/mol. The number of carboxylic acid groups (broad SMARTS) is 1. The number of aromatic carboxylic acids is 1. The SMILES string of the molecule is C=C(C)Cn1nc(C(C)(C)C)cc1C(=O)O. The van der Waals surface area contributed by atoms with Crippen LogP contribution in [0, 0.1) is 0 Å². The Bertz CT molecular complexity index is 425. The minimum absolute atomic E-state index is 0.148. The average molecular weight is 222 g/mol. The van der Waals surface area contributed by atoms with Gasteiger partial charge < -0.3 is 5.11 Å². The number of carboxylic acids is 1. The van der Waals surface area contributed by atoms with Gasteiger partial charge in [-0.05, 0) is 13.0 Å². The van der Waals surface area contributed by atoms with Crippen LogP contribution in [0.5, 0.6) is 0 Å². The summed E-state index contributed by atoms with van der Waals surface area (Å²) < 4.78 is 1.49. The van der Waals surface area contributed by atoms with Gasteiger partial charge in [0.2, 0.25) is 0 Å². The van der Waals surface area contributed by atoms with Crippen molar-refractivity contribution in [2.24, 2.45) is 0 Å². The Kier molecular flexibility index (Phi) is 3.21. The van der Waals surface area contributed by atoms with E-state index >= 15 is 0 Å². The maximum Gasteiger partial charge on any atom is 0.354 e. The van der Waals surface area contributed by atoms with E-state index in [1.165, 1.54) is 4.68 Å². The van der Waals surface area contributed by atoms with Crippen LogP contribution >= 0.6 is 0 Å². The molecule has 0 fully saturated rings. The first-order chi connectivity index (χ1) is 7.21. The number of hydrogen-bond acceptors (Lipinski definition) is 2. The summed E-state index contributed by atoms with van der Waals surface area (Å²) in [5.41, 5.74) is 1.73. The van der Waals surface area contributed by atoms with Gasteiger partial charge in [-0.2, -0.15) is 5.10 Å². The minimum atomic E-state index is -0.954. The van der Waals surface area contributed by atoms with Crippen LogP contribution in [0.2, 0.25) is 0 Å². The highest BCUT2D eigenvalue weighted by Crippen LogP contribution is 2.22. The zero-order chi connectivity index (χ0) is 12.5. The van der Waals surface area contributed by atoms with Gasteiger partial charge in [0, 0.05) is 5.41 Å². The van der Waals surface area contributed by atoms with Crippen LogP contribution in [-0.2, 0) is 12.0 Å².